The highest BCUT2D eigenvalue weighted by molar-refractivity contribution is 6.31. The van der Waals surface area contributed by atoms with E-state index in [-0.39, 0.29) is 6.61 Å². The van der Waals surface area contributed by atoms with E-state index in [4.69, 9.17) is 16.7 Å². The van der Waals surface area contributed by atoms with Crippen LogP contribution in [0.15, 0.2) is 24.8 Å². The van der Waals surface area contributed by atoms with Crippen molar-refractivity contribution in [3.63, 3.8) is 0 Å². The predicted octanol–water partition coefficient (Wildman–Crippen LogP) is 2.24. The number of rotatable bonds is 5. The molecule has 4 heteroatoms. The molecule has 1 heterocycles. The first-order chi connectivity index (χ1) is 7.22. The van der Waals surface area contributed by atoms with Gasteiger partial charge < -0.3 is 10.0 Å². The van der Waals surface area contributed by atoms with Gasteiger partial charge in [-0.15, -0.1) is 6.58 Å². The number of pyridine rings is 1. The summed E-state index contributed by atoms with van der Waals surface area (Å²) in [5.41, 5.74) is 0.511. The van der Waals surface area contributed by atoms with Crippen LogP contribution >= 0.6 is 11.6 Å². The predicted molar refractivity (Wildman–Crippen MR) is 63.3 cm³/mol. The fraction of sp³-hybridized carbons (Fsp3) is 0.364. The number of anilines is 1. The number of aliphatic hydroxyl groups is 1. The number of hydrogen-bond acceptors (Lipinski definition) is 3. The summed E-state index contributed by atoms with van der Waals surface area (Å²) in [6.45, 7) is 7.16. The lowest BCUT2D eigenvalue weighted by Gasteiger charge is -2.20. The lowest BCUT2D eigenvalue weighted by Crippen LogP contribution is -2.23. The van der Waals surface area contributed by atoms with Gasteiger partial charge in [0, 0.05) is 13.1 Å². The van der Waals surface area contributed by atoms with E-state index >= 15 is 0 Å². The first kappa shape index (κ1) is 12.0. The van der Waals surface area contributed by atoms with Crippen molar-refractivity contribution in [3.8, 4) is 0 Å². The van der Waals surface area contributed by atoms with E-state index in [1.165, 1.54) is 0 Å². The van der Waals surface area contributed by atoms with Gasteiger partial charge in [0.05, 0.1) is 17.3 Å². The molecular weight excluding hydrogens is 212 g/mol. The molecule has 1 aromatic rings. The Labute approximate surface area is 95.0 Å². The summed E-state index contributed by atoms with van der Waals surface area (Å²) in [5, 5.41) is 9.54. The van der Waals surface area contributed by atoms with Gasteiger partial charge in [-0.05, 0) is 19.1 Å². The van der Waals surface area contributed by atoms with E-state index in [1.807, 2.05) is 24.0 Å². The van der Waals surface area contributed by atoms with Crippen LogP contribution in [0.1, 0.15) is 12.6 Å². The number of nitrogens with zero attached hydrogens (tertiary/aromatic N) is 2. The third kappa shape index (κ3) is 2.94. The molecular formula is C11H15ClN2O. The van der Waals surface area contributed by atoms with E-state index in [1.54, 1.807) is 6.07 Å². The van der Waals surface area contributed by atoms with Gasteiger partial charge in [0.25, 0.3) is 0 Å². The average Bonchev–Trinajstić information content (AvgIpc) is 2.27. The number of aliphatic hydroxyl groups excluding tert-OH is 1. The van der Waals surface area contributed by atoms with Gasteiger partial charge in [0.15, 0.2) is 0 Å². The van der Waals surface area contributed by atoms with Crippen molar-refractivity contribution >= 4 is 17.4 Å². The van der Waals surface area contributed by atoms with Crippen LogP contribution in [0.4, 0.5) is 5.82 Å². The zero-order valence-corrected chi connectivity index (χ0v) is 9.54. The van der Waals surface area contributed by atoms with Crippen LogP contribution in [-0.4, -0.2) is 23.2 Å². The SMILES string of the molecule is C=CCN(CC)c1ccc(Cl)c(CO)n1. The van der Waals surface area contributed by atoms with Gasteiger partial charge in [-0.2, -0.15) is 0 Å². The molecule has 15 heavy (non-hydrogen) atoms. The van der Waals surface area contributed by atoms with Crippen LogP contribution in [0.2, 0.25) is 5.02 Å². The molecule has 0 saturated heterocycles. The number of aromatic nitrogens is 1. The highest BCUT2D eigenvalue weighted by Gasteiger charge is 2.07. The second kappa shape index (κ2) is 5.73. The number of hydrogen-bond donors (Lipinski definition) is 1. The summed E-state index contributed by atoms with van der Waals surface area (Å²) in [6.07, 6.45) is 1.82. The average molecular weight is 227 g/mol. The van der Waals surface area contributed by atoms with E-state index < -0.39 is 0 Å². The molecule has 0 aromatic carbocycles. The zero-order valence-electron chi connectivity index (χ0n) is 8.78. The van der Waals surface area contributed by atoms with Crippen molar-refractivity contribution < 1.29 is 5.11 Å². The highest BCUT2D eigenvalue weighted by Crippen LogP contribution is 2.19. The maximum absolute atomic E-state index is 9.04. The maximum atomic E-state index is 9.04. The molecule has 0 unspecified atom stereocenters. The molecule has 0 aliphatic rings. The lowest BCUT2D eigenvalue weighted by molar-refractivity contribution is 0.277. The second-order valence-corrected chi connectivity index (χ2v) is 3.49. The van der Waals surface area contributed by atoms with Crippen molar-refractivity contribution in [2.24, 2.45) is 0 Å². The van der Waals surface area contributed by atoms with Crippen LogP contribution in [0, 0.1) is 0 Å². The van der Waals surface area contributed by atoms with Crippen LogP contribution in [0.5, 0.6) is 0 Å². The third-order valence-corrected chi connectivity index (χ3v) is 2.45. The first-order valence-corrected chi connectivity index (χ1v) is 5.22. The molecule has 1 N–H and O–H groups in total. The fourth-order valence-electron chi connectivity index (χ4n) is 1.30. The molecule has 0 radical (unpaired) electrons. The van der Waals surface area contributed by atoms with Crippen LogP contribution in [-0.2, 0) is 6.61 Å². The van der Waals surface area contributed by atoms with Gasteiger partial charge >= 0.3 is 0 Å². The van der Waals surface area contributed by atoms with Crippen molar-refractivity contribution in [3.05, 3.63) is 35.5 Å². The lowest BCUT2D eigenvalue weighted by atomic mass is 10.3. The molecule has 0 bridgehead atoms. The quantitative estimate of drug-likeness (QED) is 0.783. The van der Waals surface area contributed by atoms with Gasteiger partial charge in [0.1, 0.15) is 5.82 Å². The van der Waals surface area contributed by atoms with Crippen LogP contribution in [0.3, 0.4) is 0 Å². The summed E-state index contributed by atoms with van der Waals surface area (Å²) >= 11 is 5.86. The monoisotopic (exact) mass is 226 g/mol. The summed E-state index contributed by atoms with van der Waals surface area (Å²) in [5.74, 6) is 0.811. The molecule has 0 amide bonds. The second-order valence-electron chi connectivity index (χ2n) is 3.08. The maximum Gasteiger partial charge on any atom is 0.129 e. The summed E-state index contributed by atoms with van der Waals surface area (Å²) in [6, 6.07) is 3.59. The molecule has 0 aliphatic carbocycles. The third-order valence-electron chi connectivity index (χ3n) is 2.11. The fourth-order valence-corrected chi connectivity index (χ4v) is 1.47. The van der Waals surface area contributed by atoms with Gasteiger partial charge in [-0.1, -0.05) is 17.7 Å². The normalized spacial score (nSPS) is 10.1. The topological polar surface area (TPSA) is 36.4 Å². The summed E-state index contributed by atoms with van der Waals surface area (Å²) in [7, 11) is 0. The Balaban J connectivity index is 2.97. The molecule has 3 nitrogen and oxygen atoms in total. The molecule has 1 aromatic heterocycles. The number of halogens is 1. The molecule has 1 rings (SSSR count). The van der Waals surface area contributed by atoms with Crippen molar-refractivity contribution in [1.29, 1.82) is 0 Å². The van der Waals surface area contributed by atoms with Crippen molar-refractivity contribution in [2.45, 2.75) is 13.5 Å². The number of likely N-dealkylation sites (N-methyl/N-ethyl adjacent to an activating group) is 1. The standard InChI is InChI=1S/C11H15ClN2O/c1-3-7-14(4-2)11-6-5-9(12)10(8-15)13-11/h3,5-6,15H,1,4,7-8H2,2H3. The molecule has 0 atom stereocenters. The zero-order chi connectivity index (χ0) is 11.3. The van der Waals surface area contributed by atoms with Gasteiger partial charge in [-0.3, -0.25) is 0 Å². The Morgan fingerprint density at radius 2 is 2.33 bits per heavy atom. The Hall–Kier alpha value is -1.06. The Kier molecular flexibility index (Phi) is 4.59. The highest BCUT2D eigenvalue weighted by atomic mass is 35.5. The summed E-state index contributed by atoms with van der Waals surface area (Å²) < 4.78 is 0. The molecule has 0 aliphatic heterocycles. The minimum absolute atomic E-state index is 0.141. The van der Waals surface area contributed by atoms with Crippen LogP contribution < -0.4 is 4.90 Å². The van der Waals surface area contributed by atoms with Crippen molar-refractivity contribution in [1.82, 2.24) is 4.98 Å². The smallest absolute Gasteiger partial charge is 0.129 e. The minimum Gasteiger partial charge on any atom is -0.390 e. The van der Waals surface area contributed by atoms with E-state index in [9.17, 15) is 0 Å². The van der Waals surface area contributed by atoms with E-state index in [0.717, 1.165) is 18.9 Å². The van der Waals surface area contributed by atoms with Crippen LogP contribution in [0.25, 0.3) is 0 Å². The van der Waals surface area contributed by atoms with E-state index in [0.29, 0.717) is 10.7 Å². The van der Waals surface area contributed by atoms with Gasteiger partial charge in [0.2, 0.25) is 0 Å². The Morgan fingerprint density at radius 1 is 1.60 bits per heavy atom. The molecule has 0 fully saturated rings. The van der Waals surface area contributed by atoms with E-state index in [2.05, 4.69) is 11.6 Å². The first-order valence-electron chi connectivity index (χ1n) is 4.85. The largest absolute Gasteiger partial charge is 0.390 e. The van der Waals surface area contributed by atoms with Gasteiger partial charge in [-0.25, -0.2) is 4.98 Å². The minimum atomic E-state index is -0.141. The van der Waals surface area contributed by atoms with Crippen molar-refractivity contribution in [2.75, 3.05) is 18.0 Å². The Morgan fingerprint density at radius 3 is 2.87 bits per heavy atom. The summed E-state index contributed by atoms with van der Waals surface area (Å²) in [4.78, 5) is 6.32. The Bertz CT molecular complexity index is 341. The molecule has 82 valence electrons. The molecule has 0 saturated carbocycles. The molecule has 0 spiro atoms.